The second-order valence-corrected chi connectivity index (χ2v) is 7.47. The number of hydrogen-bond acceptors (Lipinski definition) is 2. The maximum absolute atomic E-state index is 11.3. The molecule has 0 heterocycles. The zero-order valence-electron chi connectivity index (χ0n) is 11.1. The Labute approximate surface area is 110 Å². The summed E-state index contributed by atoms with van der Waals surface area (Å²) in [5.74, 6) is 0.883. The average Bonchev–Trinajstić information content (AvgIpc) is 2.37. The van der Waals surface area contributed by atoms with Crippen LogP contribution in [0.15, 0.2) is 29.2 Å². The van der Waals surface area contributed by atoms with E-state index < -0.39 is 9.84 Å². The molecule has 0 amide bonds. The predicted octanol–water partition coefficient (Wildman–Crippen LogP) is 3.60. The standard InChI is InChI=1S/C15H22O2S/c1-18(16,17)15-11-9-14(10-12-15)8-7-13-5-3-2-4-6-13/h9-13H,2-8H2,1H3. The lowest BCUT2D eigenvalue weighted by atomic mass is 9.85. The Morgan fingerprint density at radius 1 is 1.06 bits per heavy atom. The second-order valence-electron chi connectivity index (χ2n) is 5.46. The number of benzene rings is 1. The Morgan fingerprint density at radius 2 is 1.67 bits per heavy atom. The van der Waals surface area contributed by atoms with Gasteiger partial charge in [-0.15, -0.1) is 0 Å². The molecular formula is C15H22O2S. The molecular weight excluding hydrogens is 244 g/mol. The molecule has 0 saturated heterocycles. The molecule has 0 aromatic heterocycles. The molecule has 0 atom stereocenters. The van der Waals surface area contributed by atoms with E-state index in [1.807, 2.05) is 12.1 Å². The van der Waals surface area contributed by atoms with E-state index in [-0.39, 0.29) is 0 Å². The fourth-order valence-corrected chi connectivity index (χ4v) is 3.38. The fourth-order valence-electron chi connectivity index (χ4n) is 2.75. The molecule has 1 aromatic rings. The van der Waals surface area contributed by atoms with Gasteiger partial charge in [0.25, 0.3) is 0 Å². The molecule has 0 N–H and O–H groups in total. The van der Waals surface area contributed by atoms with E-state index in [1.165, 1.54) is 50.3 Å². The van der Waals surface area contributed by atoms with Gasteiger partial charge in [-0.25, -0.2) is 8.42 Å². The Morgan fingerprint density at radius 3 is 2.22 bits per heavy atom. The minimum absolute atomic E-state index is 0.420. The summed E-state index contributed by atoms with van der Waals surface area (Å²) in [4.78, 5) is 0.420. The molecule has 0 unspecified atom stereocenters. The highest BCUT2D eigenvalue weighted by Gasteiger charge is 2.13. The first-order chi connectivity index (χ1) is 8.55. The van der Waals surface area contributed by atoms with Gasteiger partial charge in [0.1, 0.15) is 0 Å². The van der Waals surface area contributed by atoms with Crippen LogP contribution in [0.3, 0.4) is 0 Å². The summed E-state index contributed by atoms with van der Waals surface area (Å²) in [6.07, 6.45) is 10.5. The van der Waals surface area contributed by atoms with Crippen LogP contribution in [0.2, 0.25) is 0 Å². The molecule has 1 saturated carbocycles. The van der Waals surface area contributed by atoms with Crippen molar-refractivity contribution in [2.24, 2.45) is 5.92 Å². The van der Waals surface area contributed by atoms with E-state index in [1.54, 1.807) is 12.1 Å². The van der Waals surface area contributed by atoms with Crippen molar-refractivity contribution >= 4 is 9.84 Å². The van der Waals surface area contributed by atoms with Crippen LogP contribution in [0, 0.1) is 5.92 Å². The molecule has 0 aliphatic heterocycles. The first kappa shape index (κ1) is 13.6. The quantitative estimate of drug-likeness (QED) is 0.834. The van der Waals surface area contributed by atoms with Crippen molar-refractivity contribution < 1.29 is 8.42 Å². The Hall–Kier alpha value is -0.830. The van der Waals surface area contributed by atoms with Crippen molar-refractivity contribution in [1.82, 2.24) is 0 Å². The lowest BCUT2D eigenvalue weighted by Gasteiger charge is -2.21. The molecule has 0 radical (unpaired) electrons. The summed E-state index contributed by atoms with van der Waals surface area (Å²) in [6.45, 7) is 0. The van der Waals surface area contributed by atoms with Crippen LogP contribution >= 0.6 is 0 Å². The van der Waals surface area contributed by atoms with Crippen molar-refractivity contribution in [3.63, 3.8) is 0 Å². The Bertz CT molecular complexity index is 468. The normalized spacial score (nSPS) is 17.8. The highest BCUT2D eigenvalue weighted by atomic mass is 32.2. The van der Waals surface area contributed by atoms with Gasteiger partial charge >= 0.3 is 0 Å². The summed E-state index contributed by atoms with van der Waals surface area (Å²) >= 11 is 0. The topological polar surface area (TPSA) is 34.1 Å². The monoisotopic (exact) mass is 266 g/mol. The van der Waals surface area contributed by atoms with Gasteiger partial charge in [-0.2, -0.15) is 0 Å². The van der Waals surface area contributed by atoms with Gasteiger partial charge < -0.3 is 0 Å². The SMILES string of the molecule is CS(=O)(=O)c1ccc(CCC2CCCCC2)cc1. The van der Waals surface area contributed by atoms with Gasteiger partial charge in [-0.1, -0.05) is 44.2 Å². The molecule has 0 bridgehead atoms. The minimum atomic E-state index is -3.06. The number of rotatable bonds is 4. The third-order valence-corrected chi connectivity index (χ3v) is 5.05. The fraction of sp³-hybridized carbons (Fsp3) is 0.600. The minimum Gasteiger partial charge on any atom is -0.224 e. The molecule has 2 rings (SSSR count). The van der Waals surface area contributed by atoms with E-state index in [4.69, 9.17) is 0 Å². The third-order valence-electron chi connectivity index (χ3n) is 3.92. The lowest BCUT2D eigenvalue weighted by Crippen LogP contribution is -2.07. The zero-order chi connectivity index (χ0) is 13.0. The largest absolute Gasteiger partial charge is 0.224 e. The van der Waals surface area contributed by atoms with Crippen molar-refractivity contribution in [2.75, 3.05) is 6.26 Å². The third kappa shape index (κ3) is 3.84. The van der Waals surface area contributed by atoms with Crippen LogP contribution in [-0.4, -0.2) is 14.7 Å². The highest BCUT2D eigenvalue weighted by Crippen LogP contribution is 2.27. The number of sulfone groups is 1. The van der Waals surface area contributed by atoms with E-state index in [9.17, 15) is 8.42 Å². The van der Waals surface area contributed by atoms with Crippen molar-refractivity contribution in [1.29, 1.82) is 0 Å². The lowest BCUT2D eigenvalue weighted by molar-refractivity contribution is 0.339. The van der Waals surface area contributed by atoms with Crippen molar-refractivity contribution in [3.8, 4) is 0 Å². The Balaban J connectivity index is 1.90. The van der Waals surface area contributed by atoms with Gasteiger partial charge in [0.2, 0.25) is 0 Å². The molecule has 1 aliphatic rings. The van der Waals surface area contributed by atoms with Crippen molar-refractivity contribution in [3.05, 3.63) is 29.8 Å². The molecule has 2 nitrogen and oxygen atoms in total. The number of aryl methyl sites for hydroxylation is 1. The molecule has 0 spiro atoms. The Kier molecular flexibility index (Phi) is 4.44. The first-order valence-corrected chi connectivity index (χ1v) is 8.74. The van der Waals surface area contributed by atoms with E-state index in [2.05, 4.69) is 0 Å². The smallest absolute Gasteiger partial charge is 0.175 e. The molecule has 1 fully saturated rings. The van der Waals surface area contributed by atoms with Gasteiger partial charge in [0.15, 0.2) is 9.84 Å². The van der Waals surface area contributed by atoms with E-state index in [0.29, 0.717) is 4.90 Å². The van der Waals surface area contributed by atoms with Gasteiger partial charge in [-0.05, 0) is 36.5 Å². The summed E-state index contributed by atoms with van der Waals surface area (Å²) in [6, 6.07) is 7.37. The van der Waals surface area contributed by atoms with Crippen LogP contribution in [0.4, 0.5) is 0 Å². The average molecular weight is 266 g/mol. The molecule has 3 heteroatoms. The molecule has 18 heavy (non-hydrogen) atoms. The summed E-state index contributed by atoms with van der Waals surface area (Å²) in [7, 11) is -3.06. The summed E-state index contributed by atoms with van der Waals surface area (Å²) < 4.78 is 22.7. The van der Waals surface area contributed by atoms with E-state index >= 15 is 0 Å². The molecule has 1 aliphatic carbocycles. The van der Waals surface area contributed by atoms with Gasteiger partial charge in [-0.3, -0.25) is 0 Å². The van der Waals surface area contributed by atoms with E-state index in [0.717, 1.165) is 12.3 Å². The maximum atomic E-state index is 11.3. The van der Waals surface area contributed by atoms with Crippen LogP contribution in [0.1, 0.15) is 44.1 Å². The van der Waals surface area contributed by atoms with Gasteiger partial charge in [0.05, 0.1) is 4.90 Å². The zero-order valence-corrected chi connectivity index (χ0v) is 11.9. The molecule has 1 aromatic carbocycles. The van der Waals surface area contributed by atoms with Crippen molar-refractivity contribution in [2.45, 2.75) is 49.8 Å². The molecule has 100 valence electrons. The summed E-state index contributed by atoms with van der Waals surface area (Å²) in [5.41, 5.74) is 1.26. The maximum Gasteiger partial charge on any atom is 0.175 e. The van der Waals surface area contributed by atoms with Gasteiger partial charge in [0, 0.05) is 6.26 Å². The van der Waals surface area contributed by atoms with Crippen LogP contribution in [-0.2, 0) is 16.3 Å². The number of hydrogen-bond donors (Lipinski definition) is 0. The predicted molar refractivity (Wildman–Crippen MR) is 74.4 cm³/mol. The first-order valence-electron chi connectivity index (χ1n) is 6.85. The summed E-state index contributed by atoms with van der Waals surface area (Å²) in [5, 5.41) is 0. The second kappa shape index (κ2) is 5.87. The van der Waals surface area contributed by atoms with Crippen LogP contribution in [0.5, 0.6) is 0 Å². The highest BCUT2D eigenvalue weighted by molar-refractivity contribution is 7.90. The van der Waals surface area contributed by atoms with Crippen LogP contribution < -0.4 is 0 Å². The van der Waals surface area contributed by atoms with Crippen LogP contribution in [0.25, 0.3) is 0 Å².